The second-order valence-electron chi connectivity index (χ2n) is 3.94. The molecule has 1 aromatic rings. The maximum absolute atomic E-state index is 11.8. The number of fused-ring (bicyclic) bond motifs is 1. The number of halogens is 1. The molecule has 1 amide bonds. The van der Waals surface area contributed by atoms with Crippen LogP contribution in [0.25, 0.3) is 0 Å². The van der Waals surface area contributed by atoms with Crippen molar-refractivity contribution in [2.75, 3.05) is 6.61 Å². The fourth-order valence-corrected chi connectivity index (χ4v) is 2.97. The van der Waals surface area contributed by atoms with Gasteiger partial charge < -0.3 is 4.74 Å². The van der Waals surface area contributed by atoms with E-state index in [-0.39, 0.29) is 17.8 Å². The minimum Gasteiger partial charge on any atom is -0.484 e. The van der Waals surface area contributed by atoms with E-state index in [4.69, 9.17) is 4.74 Å². The van der Waals surface area contributed by atoms with Crippen LogP contribution < -0.4 is 4.74 Å². The fraction of sp³-hybridized carbons (Fsp3) is 0.154. The summed E-state index contributed by atoms with van der Waals surface area (Å²) in [5.41, 5.74) is 0.760. The summed E-state index contributed by atoms with van der Waals surface area (Å²) in [5.74, 6) is 0.959. The Bertz CT molecular complexity index is 625. The van der Waals surface area contributed by atoms with E-state index >= 15 is 0 Å². The Labute approximate surface area is 122 Å². The third kappa shape index (κ3) is 2.64. The molecular weight excluding hydrogens is 328 g/mol. The van der Waals surface area contributed by atoms with E-state index in [0.29, 0.717) is 11.6 Å². The Balaban J connectivity index is 1.73. The third-order valence-electron chi connectivity index (χ3n) is 2.64. The number of aliphatic imine (C=N–C) groups is 2. The number of thioether (sulfide) groups is 1. The van der Waals surface area contributed by atoms with Gasteiger partial charge in [-0.2, -0.15) is 4.99 Å². The molecule has 1 unspecified atom stereocenters. The van der Waals surface area contributed by atoms with Crippen molar-refractivity contribution in [1.29, 1.82) is 0 Å². The third-order valence-corrected chi connectivity index (χ3v) is 4.30. The van der Waals surface area contributed by atoms with Crippen LogP contribution in [-0.4, -0.2) is 29.3 Å². The van der Waals surface area contributed by atoms with E-state index in [0.717, 1.165) is 10.2 Å². The highest BCUT2D eigenvalue weighted by atomic mass is 79.9. The van der Waals surface area contributed by atoms with Gasteiger partial charge in [0.1, 0.15) is 17.6 Å². The summed E-state index contributed by atoms with van der Waals surface area (Å²) in [7, 11) is 0. The summed E-state index contributed by atoms with van der Waals surface area (Å²) >= 11 is 4.83. The van der Waals surface area contributed by atoms with Gasteiger partial charge in [0.05, 0.1) is 10.2 Å². The number of carbonyl (C=O) groups is 1. The van der Waals surface area contributed by atoms with E-state index in [2.05, 4.69) is 25.9 Å². The van der Waals surface area contributed by atoms with Gasteiger partial charge in [0.2, 0.25) is 0 Å². The van der Waals surface area contributed by atoms with Crippen molar-refractivity contribution < 1.29 is 9.53 Å². The summed E-state index contributed by atoms with van der Waals surface area (Å²) < 4.78 is 6.47. The van der Waals surface area contributed by atoms with Crippen LogP contribution in [0.5, 0.6) is 5.75 Å². The quantitative estimate of drug-likeness (QED) is 0.852. The SMILES string of the molecule is O=C1N=C(COc2ccccc2Br)N=C2C=CSC12. The van der Waals surface area contributed by atoms with Gasteiger partial charge in [-0.25, -0.2) is 4.99 Å². The maximum Gasteiger partial charge on any atom is 0.267 e. The van der Waals surface area contributed by atoms with Crippen molar-refractivity contribution in [3.05, 3.63) is 40.2 Å². The summed E-state index contributed by atoms with van der Waals surface area (Å²) in [6.07, 6.45) is 1.85. The number of para-hydroxylation sites is 1. The van der Waals surface area contributed by atoms with Crippen molar-refractivity contribution in [2.45, 2.75) is 5.25 Å². The zero-order valence-electron chi connectivity index (χ0n) is 9.75. The molecule has 0 N–H and O–H groups in total. The second kappa shape index (κ2) is 5.30. The van der Waals surface area contributed by atoms with Gasteiger partial charge in [-0.15, -0.1) is 11.8 Å². The van der Waals surface area contributed by atoms with Gasteiger partial charge in [0.25, 0.3) is 5.91 Å². The van der Waals surface area contributed by atoms with Crippen LogP contribution in [-0.2, 0) is 4.79 Å². The van der Waals surface area contributed by atoms with E-state index in [9.17, 15) is 4.79 Å². The van der Waals surface area contributed by atoms with Crippen molar-refractivity contribution >= 4 is 45.1 Å². The lowest BCUT2D eigenvalue weighted by molar-refractivity contribution is -0.116. The largest absolute Gasteiger partial charge is 0.484 e. The molecule has 0 bridgehead atoms. The molecule has 19 heavy (non-hydrogen) atoms. The Morgan fingerprint density at radius 1 is 1.32 bits per heavy atom. The highest BCUT2D eigenvalue weighted by molar-refractivity contribution is 9.10. The summed E-state index contributed by atoms with van der Waals surface area (Å²) in [6.45, 7) is 0.184. The molecule has 96 valence electrons. The molecule has 2 aliphatic rings. The monoisotopic (exact) mass is 336 g/mol. The molecule has 1 atom stereocenters. The van der Waals surface area contributed by atoms with Crippen LogP contribution in [0, 0.1) is 0 Å². The number of rotatable bonds is 3. The van der Waals surface area contributed by atoms with Crippen molar-refractivity contribution in [2.24, 2.45) is 9.98 Å². The van der Waals surface area contributed by atoms with E-state index < -0.39 is 0 Å². The summed E-state index contributed by atoms with van der Waals surface area (Å²) in [4.78, 5) is 20.1. The lowest BCUT2D eigenvalue weighted by atomic mass is 10.2. The number of allylic oxidation sites excluding steroid dienone is 1. The minimum absolute atomic E-state index is 0.161. The van der Waals surface area contributed by atoms with Gasteiger partial charge in [-0.3, -0.25) is 4.79 Å². The molecule has 2 heterocycles. The Hall–Kier alpha value is -1.40. The van der Waals surface area contributed by atoms with Crippen LogP contribution in [0.3, 0.4) is 0 Å². The Kier molecular flexibility index (Phi) is 3.52. The van der Waals surface area contributed by atoms with E-state index in [1.165, 1.54) is 11.8 Å². The Morgan fingerprint density at radius 2 is 2.16 bits per heavy atom. The standard InChI is InChI=1S/C13H9BrN2O2S/c14-8-3-1-2-4-10(8)18-7-11-15-9-5-6-19-12(9)13(17)16-11/h1-6,12H,7H2. The Morgan fingerprint density at radius 3 is 3.00 bits per heavy atom. The number of hydrogen-bond donors (Lipinski definition) is 0. The number of amides is 1. The van der Waals surface area contributed by atoms with Crippen LogP contribution in [0.4, 0.5) is 0 Å². The zero-order valence-corrected chi connectivity index (χ0v) is 12.1. The van der Waals surface area contributed by atoms with Crippen molar-refractivity contribution in [3.63, 3.8) is 0 Å². The molecule has 0 spiro atoms. The van der Waals surface area contributed by atoms with Gasteiger partial charge in [0, 0.05) is 0 Å². The summed E-state index contributed by atoms with van der Waals surface area (Å²) in [6, 6.07) is 7.52. The fourth-order valence-electron chi connectivity index (χ4n) is 1.75. The topological polar surface area (TPSA) is 51.0 Å². The maximum atomic E-state index is 11.8. The molecule has 0 saturated heterocycles. The summed E-state index contributed by atoms with van der Waals surface area (Å²) in [5, 5.41) is 1.61. The number of benzene rings is 1. The van der Waals surface area contributed by atoms with Crippen LogP contribution in [0.2, 0.25) is 0 Å². The molecule has 0 fully saturated rings. The van der Waals surface area contributed by atoms with Crippen LogP contribution in [0.1, 0.15) is 0 Å². The second-order valence-corrected chi connectivity index (χ2v) is 5.81. The van der Waals surface area contributed by atoms with Gasteiger partial charge in [0.15, 0.2) is 5.84 Å². The lowest BCUT2D eigenvalue weighted by Gasteiger charge is -2.14. The van der Waals surface area contributed by atoms with Crippen LogP contribution in [0.15, 0.2) is 50.2 Å². The number of hydrogen-bond acceptors (Lipinski definition) is 4. The number of nitrogens with zero attached hydrogens (tertiary/aromatic N) is 2. The number of amidine groups is 1. The minimum atomic E-state index is -0.257. The van der Waals surface area contributed by atoms with Crippen molar-refractivity contribution in [1.82, 2.24) is 0 Å². The first-order valence-corrected chi connectivity index (χ1v) is 7.37. The molecule has 0 aromatic heterocycles. The molecule has 4 nitrogen and oxygen atoms in total. The zero-order chi connectivity index (χ0) is 13.2. The molecule has 1 aromatic carbocycles. The average Bonchev–Trinajstić information content (AvgIpc) is 2.87. The first kappa shape index (κ1) is 12.6. The predicted octanol–water partition coefficient (Wildman–Crippen LogP) is 2.84. The van der Waals surface area contributed by atoms with E-state index in [1.807, 2.05) is 35.7 Å². The van der Waals surface area contributed by atoms with Crippen molar-refractivity contribution in [3.8, 4) is 5.75 Å². The number of ether oxygens (including phenoxy) is 1. The first-order valence-electron chi connectivity index (χ1n) is 5.63. The number of carbonyl (C=O) groups excluding carboxylic acids is 1. The van der Waals surface area contributed by atoms with Gasteiger partial charge in [-0.1, -0.05) is 12.1 Å². The first-order chi connectivity index (χ1) is 9.24. The molecule has 3 rings (SSSR count). The molecule has 6 heteroatoms. The predicted molar refractivity (Wildman–Crippen MR) is 80.0 cm³/mol. The molecule has 0 radical (unpaired) electrons. The molecular formula is C13H9BrN2O2S. The van der Waals surface area contributed by atoms with Crippen LogP contribution >= 0.6 is 27.7 Å². The van der Waals surface area contributed by atoms with E-state index in [1.54, 1.807) is 0 Å². The molecule has 2 aliphatic heterocycles. The highest BCUT2D eigenvalue weighted by Crippen LogP contribution is 2.27. The molecule has 0 aliphatic carbocycles. The highest BCUT2D eigenvalue weighted by Gasteiger charge is 2.30. The van der Waals surface area contributed by atoms with Gasteiger partial charge in [-0.05, 0) is 39.5 Å². The smallest absolute Gasteiger partial charge is 0.267 e. The average molecular weight is 337 g/mol. The molecule has 0 saturated carbocycles. The normalized spacial score (nSPS) is 20.9. The van der Waals surface area contributed by atoms with Gasteiger partial charge >= 0.3 is 0 Å². The lowest BCUT2D eigenvalue weighted by Crippen LogP contribution is -2.29.